The van der Waals surface area contributed by atoms with Gasteiger partial charge in [0.25, 0.3) is 0 Å². The molecule has 106 valence electrons. The fourth-order valence-electron chi connectivity index (χ4n) is 2.16. The van der Waals surface area contributed by atoms with Crippen molar-refractivity contribution in [1.29, 1.82) is 0 Å². The van der Waals surface area contributed by atoms with E-state index in [1.165, 1.54) is 11.3 Å². The first-order valence-electron chi connectivity index (χ1n) is 6.41. The first-order valence-corrected chi connectivity index (χ1v) is 6.82. The normalized spacial score (nSPS) is 10.6. The Balaban J connectivity index is 2.36. The predicted octanol–water partition coefficient (Wildman–Crippen LogP) is 2.50. The number of ether oxygens (including phenoxy) is 1. The van der Waals surface area contributed by atoms with Crippen molar-refractivity contribution in [3.8, 4) is 5.75 Å². The molecular formula is C15H19N3OS. The van der Waals surface area contributed by atoms with Gasteiger partial charge >= 0.3 is 0 Å². The lowest BCUT2D eigenvalue weighted by atomic mass is 10.1. The Morgan fingerprint density at radius 3 is 2.55 bits per heavy atom. The van der Waals surface area contributed by atoms with Crippen molar-refractivity contribution in [3.05, 3.63) is 46.3 Å². The van der Waals surface area contributed by atoms with Gasteiger partial charge in [0.2, 0.25) is 0 Å². The maximum atomic E-state index is 5.74. The average molecular weight is 289 g/mol. The molecule has 0 amide bonds. The zero-order valence-electron chi connectivity index (χ0n) is 12.2. The fourth-order valence-corrected chi connectivity index (χ4v) is 2.32. The maximum Gasteiger partial charge on any atom is 0.129 e. The third kappa shape index (κ3) is 2.67. The molecule has 0 spiro atoms. The van der Waals surface area contributed by atoms with E-state index in [1.807, 2.05) is 29.8 Å². The number of rotatable bonds is 4. The van der Waals surface area contributed by atoms with Crippen molar-refractivity contribution in [1.82, 2.24) is 9.78 Å². The number of benzene rings is 1. The smallest absolute Gasteiger partial charge is 0.129 e. The van der Waals surface area contributed by atoms with Gasteiger partial charge in [-0.3, -0.25) is 4.68 Å². The molecule has 0 aliphatic heterocycles. The Morgan fingerprint density at radius 2 is 2.05 bits per heavy atom. The van der Waals surface area contributed by atoms with Crippen LogP contribution >= 0.6 is 12.2 Å². The summed E-state index contributed by atoms with van der Waals surface area (Å²) < 4.78 is 7.26. The molecule has 4 nitrogen and oxygen atoms in total. The number of aromatic nitrogens is 2. The second kappa shape index (κ2) is 5.63. The van der Waals surface area contributed by atoms with E-state index in [4.69, 9.17) is 22.7 Å². The van der Waals surface area contributed by atoms with Crippen molar-refractivity contribution < 1.29 is 4.74 Å². The minimum absolute atomic E-state index is 0.341. The van der Waals surface area contributed by atoms with Gasteiger partial charge in [0, 0.05) is 5.69 Å². The zero-order valence-corrected chi connectivity index (χ0v) is 13.0. The standard InChI is InChI=1S/C15H19N3OS/c1-9-10(2)17-18(11(9)3)8-12-5-6-14(19-4)13(7-12)15(16)20/h5-7H,8H2,1-4H3,(H2,16,20). The molecule has 1 aromatic heterocycles. The van der Waals surface area contributed by atoms with Gasteiger partial charge in [0.05, 0.1) is 24.9 Å². The number of aryl methyl sites for hydroxylation is 1. The van der Waals surface area contributed by atoms with Crippen LogP contribution < -0.4 is 10.5 Å². The summed E-state index contributed by atoms with van der Waals surface area (Å²) in [7, 11) is 1.61. The SMILES string of the molecule is COc1ccc(Cn2nc(C)c(C)c2C)cc1C(N)=S. The lowest BCUT2D eigenvalue weighted by molar-refractivity contribution is 0.414. The second-order valence-corrected chi connectivity index (χ2v) is 5.29. The Morgan fingerprint density at radius 1 is 1.35 bits per heavy atom. The third-order valence-electron chi connectivity index (χ3n) is 3.60. The van der Waals surface area contributed by atoms with Gasteiger partial charge in [-0.15, -0.1) is 0 Å². The Bertz CT molecular complexity index is 661. The van der Waals surface area contributed by atoms with Crippen molar-refractivity contribution in [2.75, 3.05) is 7.11 Å². The molecule has 2 aromatic rings. The molecule has 0 saturated heterocycles. The van der Waals surface area contributed by atoms with Crippen LogP contribution in [0.4, 0.5) is 0 Å². The summed E-state index contributed by atoms with van der Waals surface area (Å²) in [6.07, 6.45) is 0. The van der Waals surface area contributed by atoms with E-state index in [9.17, 15) is 0 Å². The molecule has 0 aliphatic rings. The summed E-state index contributed by atoms with van der Waals surface area (Å²) in [5.74, 6) is 0.700. The largest absolute Gasteiger partial charge is 0.496 e. The highest BCUT2D eigenvalue weighted by Crippen LogP contribution is 2.21. The summed E-state index contributed by atoms with van der Waals surface area (Å²) in [5.41, 5.74) is 11.1. The van der Waals surface area contributed by atoms with Crippen LogP contribution in [0, 0.1) is 20.8 Å². The molecule has 0 atom stereocenters. The Hall–Kier alpha value is -1.88. The van der Waals surface area contributed by atoms with E-state index in [0.717, 1.165) is 16.8 Å². The van der Waals surface area contributed by atoms with Gasteiger partial charge in [-0.05, 0) is 44.0 Å². The van der Waals surface area contributed by atoms with Crippen molar-refractivity contribution in [3.63, 3.8) is 0 Å². The van der Waals surface area contributed by atoms with E-state index in [1.54, 1.807) is 7.11 Å². The van der Waals surface area contributed by atoms with Crippen molar-refractivity contribution >= 4 is 17.2 Å². The quantitative estimate of drug-likeness (QED) is 0.879. The first-order chi connectivity index (χ1) is 9.43. The highest BCUT2D eigenvalue weighted by atomic mass is 32.1. The molecule has 0 radical (unpaired) electrons. The number of methoxy groups -OCH3 is 1. The van der Waals surface area contributed by atoms with Crippen LogP contribution in [0.5, 0.6) is 5.75 Å². The molecule has 5 heteroatoms. The minimum Gasteiger partial charge on any atom is -0.496 e. The molecule has 0 saturated carbocycles. The Labute approximate surface area is 124 Å². The van der Waals surface area contributed by atoms with Gasteiger partial charge in [0.15, 0.2) is 0 Å². The van der Waals surface area contributed by atoms with Gasteiger partial charge < -0.3 is 10.5 Å². The maximum absolute atomic E-state index is 5.74. The molecule has 0 fully saturated rings. The van der Waals surface area contributed by atoms with Crippen molar-refractivity contribution in [2.24, 2.45) is 5.73 Å². The minimum atomic E-state index is 0.341. The highest BCUT2D eigenvalue weighted by molar-refractivity contribution is 7.80. The molecule has 20 heavy (non-hydrogen) atoms. The monoisotopic (exact) mass is 289 g/mol. The van der Waals surface area contributed by atoms with E-state index in [0.29, 0.717) is 17.3 Å². The van der Waals surface area contributed by atoms with E-state index >= 15 is 0 Å². The number of hydrogen-bond acceptors (Lipinski definition) is 3. The van der Waals surface area contributed by atoms with Crippen LogP contribution in [0.3, 0.4) is 0 Å². The van der Waals surface area contributed by atoms with Crippen LogP contribution in [-0.2, 0) is 6.54 Å². The third-order valence-corrected chi connectivity index (χ3v) is 3.82. The topological polar surface area (TPSA) is 53.1 Å². The molecule has 2 rings (SSSR count). The number of hydrogen-bond donors (Lipinski definition) is 1. The summed E-state index contributed by atoms with van der Waals surface area (Å²) >= 11 is 5.07. The lowest BCUT2D eigenvalue weighted by Gasteiger charge is -2.10. The average Bonchev–Trinajstić information content (AvgIpc) is 2.66. The molecule has 0 aliphatic carbocycles. The van der Waals surface area contributed by atoms with Crippen LogP contribution in [0.25, 0.3) is 0 Å². The van der Waals surface area contributed by atoms with E-state index < -0.39 is 0 Å². The number of nitrogens with two attached hydrogens (primary N) is 1. The molecule has 2 N–H and O–H groups in total. The lowest BCUT2D eigenvalue weighted by Crippen LogP contribution is -2.12. The summed E-state index contributed by atoms with van der Waals surface area (Å²) in [4.78, 5) is 0.341. The highest BCUT2D eigenvalue weighted by Gasteiger charge is 2.10. The second-order valence-electron chi connectivity index (χ2n) is 4.85. The van der Waals surface area contributed by atoms with Gasteiger partial charge in [-0.25, -0.2) is 0 Å². The number of nitrogens with zero attached hydrogens (tertiary/aromatic N) is 2. The van der Waals surface area contributed by atoms with E-state index in [-0.39, 0.29) is 0 Å². The van der Waals surface area contributed by atoms with Gasteiger partial charge in [0.1, 0.15) is 10.7 Å². The first kappa shape index (κ1) is 14.5. The molecule has 0 bridgehead atoms. The van der Waals surface area contributed by atoms with Crippen LogP contribution in [0.2, 0.25) is 0 Å². The van der Waals surface area contributed by atoms with Crippen LogP contribution in [-0.4, -0.2) is 21.9 Å². The molecule has 1 heterocycles. The van der Waals surface area contributed by atoms with Gasteiger partial charge in [-0.2, -0.15) is 5.10 Å². The Kier molecular flexibility index (Phi) is 4.09. The summed E-state index contributed by atoms with van der Waals surface area (Å²) in [6.45, 7) is 6.88. The predicted molar refractivity (Wildman–Crippen MR) is 84.4 cm³/mol. The van der Waals surface area contributed by atoms with Crippen LogP contribution in [0.15, 0.2) is 18.2 Å². The summed E-state index contributed by atoms with van der Waals surface area (Å²) in [5, 5.41) is 4.54. The van der Waals surface area contributed by atoms with E-state index in [2.05, 4.69) is 18.9 Å². The fraction of sp³-hybridized carbons (Fsp3) is 0.333. The molecular weight excluding hydrogens is 270 g/mol. The summed E-state index contributed by atoms with van der Waals surface area (Å²) in [6, 6.07) is 5.86. The zero-order chi connectivity index (χ0) is 14.9. The van der Waals surface area contributed by atoms with Crippen molar-refractivity contribution in [2.45, 2.75) is 27.3 Å². The van der Waals surface area contributed by atoms with Gasteiger partial charge in [-0.1, -0.05) is 18.3 Å². The molecule has 1 aromatic carbocycles. The molecule has 0 unspecified atom stereocenters. The van der Waals surface area contributed by atoms with Crippen LogP contribution in [0.1, 0.15) is 28.1 Å². The number of thiocarbonyl (C=S) groups is 1.